The van der Waals surface area contributed by atoms with Gasteiger partial charge in [0.15, 0.2) is 0 Å². The van der Waals surface area contributed by atoms with Crippen LogP contribution in [-0.4, -0.2) is 58.6 Å². The van der Waals surface area contributed by atoms with E-state index < -0.39 is 15.6 Å². The lowest BCUT2D eigenvalue weighted by Gasteiger charge is -2.49. The molecule has 2 N–H and O–H groups in total. The summed E-state index contributed by atoms with van der Waals surface area (Å²) < 4.78 is 26.6. The van der Waals surface area contributed by atoms with Crippen molar-refractivity contribution in [3.63, 3.8) is 0 Å². The summed E-state index contributed by atoms with van der Waals surface area (Å²) in [5, 5.41) is 9.65. The standard InChI is InChI=1S/C18H24N4O3S/c1-26(24,25)22-8-5-16-17(20-13-19-16)18(22)6-9-21(10-7-18)12-14-3-2-4-15(23)11-14/h2-4,11,13,23H,5-10,12H2,1H3,(H,19,20). The number of aromatic nitrogens is 2. The number of sulfonamides is 1. The molecule has 2 aromatic rings. The summed E-state index contributed by atoms with van der Waals surface area (Å²) in [6.45, 7) is 2.82. The smallest absolute Gasteiger partial charge is 0.212 e. The van der Waals surface area contributed by atoms with Gasteiger partial charge in [0.2, 0.25) is 10.0 Å². The lowest BCUT2D eigenvalue weighted by Crippen LogP contribution is -2.57. The molecule has 2 aliphatic heterocycles. The second-order valence-electron chi connectivity index (χ2n) is 7.29. The van der Waals surface area contributed by atoms with Crippen LogP contribution in [0.3, 0.4) is 0 Å². The van der Waals surface area contributed by atoms with Gasteiger partial charge < -0.3 is 10.1 Å². The molecule has 1 saturated heterocycles. The van der Waals surface area contributed by atoms with Crippen molar-refractivity contribution in [1.82, 2.24) is 19.2 Å². The molecule has 0 aliphatic carbocycles. The molecule has 1 aromatic carbocycles. The molecule has 0 radical (unpaired) electrons. The molecule has 26 heavy (non-hydrogen) atoms. The minimum Gasteiger partial charge on any atom is -0.508 e. The highest BCUT2D eigenvalue weighted by molar-refractivity contribution is 7.88. The number of hydrogen-bond acceptors (Lipinski definition) is 5. The molecule has 140 valence electrons. The third kappa shape index (κ3) is 3.02. The monoisotopic (exact) mass is 376 g/mol. The van der Waals surface area contributed by atoms with Gasteiger partial charge in [-0.3, -0.25) is 4.90 Å². The summed E-state index contributed by atoms with van der Waals surface area (Å²) in [6.07, 6.45) is 5.09. The van der Waals surface area contributed by atoms with Crippen LogP contribution in [-0.2, 0) is 28.5 Å². The number of H-pyrrole nitrogens is 1. The summed E-state index contributed by atoms with van der Waals surface area (Å²) in [4.78, 5) is 10.00. The van der Waals surface area contributed by atoms with Gasteiger partial charge >= 0.3 is 0 Å². The van der Waals surface area contributed by atoms with Crippen LogP contribution < -0.4 is 0 Å². The Morgan fingerprint density at radius 1 is 1.27 bits per heavy atom. The maximum atomic E-state index is 12.4. The van der Waals surface area contributed by atoms with Gasteiger partial charge in [0.05, 0.1) is 23.8 Å². The molecule has 4 rings (SSSR count). The van der Waals surface area contributed by atoms with Crippen LogP contribution in [0, 0.1) is 0 Å². The van der Waals surface area contributed by atoms with E-state index >= 15 is 0 Å². The molecular formula is C18H24N4O3S. The third-order valence-electron chi connectivity index (χ3n) is 5.60. The van der Waals surface area contributed by atoms with Crippen LogP contribution >= 0.6 is 0 Å². The van der Waals surface area contributed by atoms with Crippen LogP contribution in [0.4, 0.5) is 0 Å². The largest absolute Gasteiger partial charge is 0.508 e. The summed E-state index contributed by atoms with van der Waals surface area (Å²) in [6, 6.07) is 7.29. The number of nitrogens with zero attached hydrogens (tertiary/aromatic N) is 3. The number of hydrogen-bond donors (Lipinski definition) is 2. The SMILES string of the molecule is CS(=O)(=O)N1CCc2[nH]cnc2C12CCN(Cc1cccc(O)c1)CC2. The molecule has 0 bridgehead atoms. The fraction of sp³-hybridized carbons (Fsp3) is 0.500. The predicted octanol–water partition coefficient (Wildman–Crippen LogP) is 1.42. The van der Waals surface area contributed by atoms with E-state index in [2.05, 4.69) is 14.9 Å². The molecule has 8 heteroatoms. The Hall–Kier alpha value is -1.90. The first-order valence-electron chi connectivity index (χ1n) is 8.89. The van der Waals surface area contributed by atoms with E-state index in [1.54, 1.807) is 22.8 Å². The lowest BCUT2D eigenvalue weighted by molar-refractivity contribution is 0.0604. The highest BCUT2D eigenvalue weighted by Gasteiger charge is 2.50. The van der Waals surface area contributed by atoms with Crippen LogP contribution in [0.15, 0.2) is 30.6 Å². The van der Waals surface area contributed by atoms with Crippen LogP contribution in [0.25, 0.3) is 0 Å². The third-order valence-corrected chi connectivity index (χ3v) is 6.93. The van der Waals surface area contributed by atoms with E-state index in [1.807, 2.05) is 12.1 Å². The fourth-order valence-electron chi connectivity index (χ4n) is 4.42. The van der Waals surface area contributed by atoms with Crippen LogP contribution in [0.5, 0.6) is 5.75 Å². The molecule has 3 heterocycles. The molecule has 7 nitrogen and oxygen atoms in total. The van der Waals surface area contributed by atoms with Crippen molar-refractivity contribution in [2.24, 2.45) is 0 Å². The van der Waals surface area contributed by atoms with Crippen molar-refractivity contribution in [3.05, 3.63) is 47.5 Å². The van der Waals surface area contributed by atoms with Gasteiger partial charge in [-0.2, -0.15) is 4.31 Å². The summed E-state index contributed by atoms with van der Waals surface area (Å²) in [7, 11) is -3.31. The zero-order valence-corrected chi connectivity index (χ0v) is 15.7. The number of fused-ring (bicyclic) bond motifs is 2. The second kappa shape index (κ2) is 6.37. The van der Waals surface area contributed by atoms with E-state index in [-0.39, 0.29) is 5.75 Å². The zero-order chi connectivity index (χ0) is 18.4. The zero-order valence-electron chi connectivity index (χ0n) is 14.9. The fourth-order valence-corrected chi connectivity index (χ4v) is 5.75. The second-order valence-corrected chi connectivity index (χ2v) is 9.20. The van der Waals surface area contributed by atoms with Crippen LogP contribution in [0.1, 0.15) is 29.8 Å². The number of aromatic hydroxyl groups is 1. The van der Waals surface area contributed by atoms with Crippen molar-refractivity contribution < 1.29 is 13.5 Å². The van der Waals surface area contributed by atoms with Crippen molar-refractivity contribution in [1.29, 1.82) is 0 Å². The molecule has 2 aliphatic rings. The van der Waals surface area contributed by atoms with E-state index in [1.165, 1.54) is 6.26 Å². The maximum Gasteiger partial charge on any atom is 0.212 e. The Morgan fingerprint density at radius 3 is 2.73 bits per heavy atom. The van der Waals surface area contributed by atoms with E-state index in [0.717, 1.165) is 49.4 Å². The maximum absolute atomic E-state index is 12.4. The highest BCUT2D eigenvalue weighted by atomic mass is 32.2. The Labute approximate surface area is 153 Å². The van der Waals surface area contributed by atoms with Gasteiger partial charge in [-0.05, 0) is 30.5 Å². The molecule has 1 aromatic heterocycles. The highest BCUT2D eigenvalue weighted by Crippen LogP contribution is 2.43. The topological polar surface area (TPSA) is 89.5 Å². The number of nitrogens with one attached hydrogen (secondary N) is 1. The summed E-state index contributed by atoms with van der Waals surface area (Å²) in [5.74, 6) is 0.271. The molecule has 0 amide bonds. The molecule has 0 saturated carbocycles. The van der Waals surface area contributed by atoms with Crippen molar-refractivity contribution in [2.45, 2.75) is 31.3 Å². The van der Waals surface area contributed by atoms with Crippen molar-refractivity contribution in [2.75, 3.05) is 25.9 Å². The van der Waals surface area contributed by atoms with E-state index in [0.29, 0.717) is 13.0 Å². The van der Waals surface area contributed by atoms with Gasteiger partial charge in [0.1, 0.15) is 5.75 Å². The molecule has 0 atom stereocenters. The Bertz CT molecular complexity index is 901. The number of benzene rings is 1. The van der Waals surface area contributed by atoms with Crippen molar-refractivity contribution in [3.8, 4) is 5.75 Å². The van der Waals surface area contributed by atoms with Crippen molar-refractivity contribution >= 4 is 10.0 Å². The van der Waals surface area contributed by atoms with Gasteiger partial charge in [0.25, 0.3) is 0 Å². The normalized spacial score (nSPS) is 21.0. The number of imidazole rings is 1. The predicted molar refractivity (Wildman–Crippen MR) is 98.1 cm³/mol. The van der Waals surface area contributed by atoms with Gasteiger partial charge in [-0.25, -0.2) is 13.4 Å². The number of phenols is 1. The minimum absolute atomic E-state index is 0.271. The molecular weight excluding hydrogens is 352 g/mol. The van der Waals surface area contributed by atoms with Crippen LogP contribution in [0.2, 0.25) is 0 Å². The number of piperidine rings is 1. The molecule has 1 spiro atoms. The van der Waals surface area contributed by atoms with E-state index in [4.69, 9.17) is 0 Å². The van der Waals surface area contributed by atoms with Gasteiger partial charge in [-0.15, -0.1) is 0 Å². The quantitative estimate of drug-likeness (QED) is 0.846. The first-order chi connectivity index (χ1) is 12.4. The Morgan fingerprint density at radius 2 is 2.04 bits per heavy atom. The van der Waals surface area contributed by atoms with Gasteiger partial charge in [-0.1, -0.05) is 12.1 Å². The average Bonchev–Trinajstić information content (AvgIpc) is 3.06. The van der Waals surface area contributed by atoms with E-state index in [9.17, 15) is 13.5 Å². The number of likely N-dealkylation sites (tertiary alicyclic amines) is 1. The number of phenolic OH excluding ortho intramolecular Hbond substituents is 1. The van der Waals surface area contributed by atoms with Gasteiger partial charge in [0, 0.05) is 38.3 Å². The molecule has 1 fully saturated rings. The average molecular weight is 376 g/mol. The Kier molecular flexibility index (Phi) is 4.29. The summed E-state index contributed by atoms with van der Waals surface area (Å²) in [5.41, 5.74) is 2.47. The first kappa shape index (κ1) is 17.5. The Balaban J connectivity index is 1.57. The summed E-state index contributed by atoms with van der Waals surface area (Å²) >= 11 is 0. The first-order valence-corrected chi connectivity index (χ1v) is 10.7. The molecule has 0 unspecified atom stereocenters. The number of rotatable bonds is 3. The minimum atomic E-state index is -3.31. The lowest BCUT2D eigenvalue weighted by atomic mass is 9.80. The number of aromatic amines is 1.